The summed E-state index contributed by atoms with van der Waals surface area (Å²) in [6, 6.07) is 7.38. The minimum Gasteiger partial charge on any atom is -0.330 e. The lowest BCUT2D eigenvalue weighted by atomic mass is 10.2. The number of anilines is 1. The third-order valence-corrected chi connectivity index (χ3v) is 3.55. The molecule has 0 aromatic carbocycles. The molecule has 0 bridgehead atoms. The lowest BCUT2D eigenvalue weighted by Gasteiger charge is -2.15. The third-order valence-electron chi connectivity index (χ3n) is 2.61. The normalized spacial score (nSPS) is 10.3. The molecule has 2 rings (SSSR count). The Morgan fingerprint density at radius 2 is 2.33 bits per heavy atom. The van der Waals surface area contributed by atoms with Crippen molar-refractivity contribution >= 4 is 22.2 Å². The van der Waals surface area contributed by atoms with Crippen molar-refractivity contribution in [3.05, 3.63) is 47.1 Å². The Balaban J connectivity index is 2.20. The fourth-order valence-electron chi connectivity index (χ4n) is 1.65. The third kappa shape index (κ3) is 2.75. The quantitative estimate of drug-likeness (QED) is 0.914. The van der Waals surface area contributed by atoms with Crippen LogP contribution in [-0.2, 0) is 6.42 Å². The second kappa shape index (κ2) is 5.75. The van der Waals surface area contributed by atoms with E-state index < -0.39 is 0 Å². The maximum absolute atomic E-state index is 12.3. The number of hydrogen-bond acceptors (Lipinski definition) is 4. The molecule has 0 saturated heterocycles. The first-order chi connectivity index (χ1) is 8.72. The summed E-state index contributed by atoms with van der Waals surface area (Å²) in [6.45, 7) is 0.533. The molecule has 0 atom stereocenters. The lowest BCUT2D eigenvalue weighted by molar-refractivity contribution is 0.0993. The van der Waals surface area contributed by atoms with Crippen molar-refractivity contribution in [3.63, 3.8) is 0 Å². The molecular weight excluding hydrogens is 246 g/mol. The van der Waals surface area contributed by atoms with Crippen molar-refractivity contribution in [2.75, 3.05) is 18.5 Å². The highest BCUT2D eigenvalue weighted by Gasteiger charge is 2.14. The molecule has 0 aliphatic carbocycles. The van der Waals surface area contributed by atoms with Crippen LogP contribution in [-0.4, -0.2) is 24.5 Å². The van der Waals surface area contributed by atoms with Gasteiger partial charge in [-0.1, -0.05) is 0 Å². The summed E-state index contributed by atoms with van der Waals surface area (Å²) in [6.07, 6.45) is 2.34. The highest BCUT2D eigenvalue weighted by molar-refractivity contribution is 7.14. The standard InChI is InChI=1S/C13H15N3OS/c1-16(12-3-2-8-18-12)13(17)10-5-7-15-11(9-10)4-6-14/h2-3,5,7-9H,4,6,14H2,1H3. The molecule has 2 aromatic heterocycles. The summed E-state index contributed by atoms with van der Waals surface area (Å²) >= 11 is 1.54. The molecule has 2 N–H and O–H groups in total. The largest absolute Gasteiger partial charge is 0.330 e. The van der Waals surface area contributed by atoms with E-state index in [1.165, 1.54) is 11.3 Å². The molecule has 0 unspecified atom stereocenters. The maximum Gasteiger partial charge on any atom is 0.258 e. The Kier molecular flexibility index (Phi) is 4.07. The number of thiophene rings is 1. The average molecular weight is 261 g/mol. The van der Waals surface area contributed by atoms with Gasteiger partial charge in [-0.05, 0) is 36.2 Å². The molecule has 5 heteroatoms. The molecule has 0 aliphatic heterocycles. The van der Waals surface area contributed by atoms with Gasteiger partial charge in [0, 0.05) is 30.9 Å². The van der Waals surface area contributed by atoms with Crippen molar-refractivity contribution in [2.45, 2.75) is 6.42 Å². The van der Waals surface area contributed by atoms with Gasteiger partial charge in [0.25, 0.3) is 5.91 Å². The van der Waals surface area contributed by atoms with Crippen molar-refractivity contribution in [1.29, 1.82) is 0 Å². The molecule has 1 amide bonds. The van der Waals surface area contributed by atoms with E-state index in [2.05, 4.69) is 4.98 Å². The number of hydrogen-bond donors (Lipinski definition) is 1. The summed E-state index contributed by atoms with van der Waals surface area (Å²) in [7, 11) is 1.78. The van der Waals surface area contributed by atoms with Crippen molar-refractivity contribution in [1.82, 2.24) is 4.98 Å². The van der Waals surface area contributed by atoms with E-state index in [1.807, 2.05) is 17.5 Å². The zero-order valence-corrected chi connectivity index (χ0v) is 11.0. The van der Waals surface area contributed by atoms with Crippen molar-refractivity contribution in [2.24, 2.45) is 5.73 Å². The number of carbonyl (C=O) groups excluding carboxylic acids is 1. The Morgan fingerprint density at radius 3 is 3.00 bits per heavy atom. The van der Waals surface area contributed by atoms with Crippen LogP contribution in [0, 0.1) is 0 Å². The van der Waals surface area contributed by atoms with E-state index in [9.17, 15) is 4.79 Å². The van der Waals surface area contributed by atoms with Gasteiger partial charge in [-0.15, -0.1) is 11.3 Å². The van der Waals surface area contributed by atoms with Crippen LogP contribution < -0.4 is 10.6 Å². The summed E-state index contributed by atoms with van der Waals surface area (Å²) in [5.41, 5.74) is 6.98. The van der Waals surface area contributed by atoms with Gasteiger partial charge in [0.1, 0.15) is 0 Å². The highest BCUT2D eigenvalue weighted by atomic mass is 32.1. The van der Waals surface area contributed by atoms with Gasteiger partial charge < -0.3 is 10.6 Å². The van der Waals surface area contributed by atoms with Crippen LogP contribution in [0.25, 0.3) is 0 Å². The zero-order chi connectivity index (χ0) is 13.0. The van der Waals surface area contributed by atoms with E-state index in [0.717, 1.165) is 10.7 Å². The molecule has 0 saturated carbocycles. The molecule has 0 spiro atoms. The van der Waals surface area contributed by atoms with Gasteiger partial charge in [-0.2, -0.15) is 0 Å². The van der Waals surface area contributed by atoms with Crippen molar-refractivity contribution < 1.29 is 4.79 Å². The number of aromatic nitrogens is 1. The number of carbonyl (C=O) groups is 1. The topological polar surface area (TPSA) is 59.2 Å². The summed E-state index contributed by atoms with van der Waals surface area (Å²) in [5, 5.41) is 2.88. The van der Waals surface area contributed by atoms with E-state index in [-0.39, 0.29) is 5.91 Å². The van der Waals surface area contributed by atoms with Gasteiger partial charge in [0.05, 0.1) is 5.00 Å². The first kappa shape index (κ1) is 12.7. The van der Waals surface area contributed by atoms with Crippen LogP contribution in [0.3, 0.4) is 0 Å². The molecule has 4 nitrogen and oxygen atoms in total. The molecule has 0 aliphatic rings. The summed E-state index contributed by atoms with van der Waals surface area (Å²) in [4.78, 5) is 18.1. The molecular formula is C13H15N3OS. The predicted molar refractivity (Wildman–Crippen MR) is 74.0 cm³/mol. The minimum atomic E-state index is -0.0295. The van der Waals surface area contributed by atoms with Gasteiger partial charge in [-0.25, -0.2) is 0 Å². The van der Waals surface area contributed by atoms with Gasteiger partial charge in [0.15, 0.2) is 0 Å². The number of amides is 1. The van der Waals surface area contributed by atoms with E-state index in [0.29, 0.717) is 18.5 Å². The second-order valence-electron chi connectivity index (χ2n) is 3.89. The summed E-state index contributed by atoms with van der Waals surface area (Å²) < 4.78 is 0. The second-order valence-corrected chi connectivity index (χ2v) is 4.82. The Morgan fingerprint density at radius 1 is 1.50 bits per heavy atom. The van der Waals surface area contributed by atoms with Gasteiger partial charge in [0.2, 0.25) is 0 Å². The Hall–Kier alpha value is -1.72. The molecule has 0 radical (unpaired) electrons. The average Bonchev–Trinajstić information content (AvgIpc) is 2.91. The lowest BCUT2D eigenvalue weighted by Crippen LogP contribution is -2.25. The van der Waals surface area contributed by atoms with Gasteiger partial charge in [-0.3, -0.25) is 9.78 Å². The molecule has 2 heterocycles. The Bertz CT molecular complexity index is 525. The highest BCUT2D eigenvalue weighted by Crippen LogP contribution is 2.21. The fraction of sp³-hybridized carbons (Fsp3) is 0.231. The molecule has 94 valence electrons. The first-order valence-corrected chi connectivity index (χ1v) is 6.57. The van der Waals surface area contributed by atoms with E-state index >= 15 is 0 Å². The van der Waals surface area contributed by atoms with E-state index in [4.69, 9.17) is 5.73 Å². The van der Waals surface area contributed by atoms with Crippen LogP contribution in [0.1, 0.15) is 16.1 Å². The first-order valence-electron chi connectivity index (χ1n) is 5.69. The zero-order valence-electron chi connectivity index (χ0n) is 10.2. The SMILES string of the molecule is CN(C(=O)c1ccnc(CCN)c1)c1cccs1. The maximum atomic E-state index is 12.3. The van der Waals surface area contributed by atoms with Crippen LogP contribution in [0.15, 0.2) is 35.8 Å². The van der Waals surface area contributed by atoms with Gasteiger partial charge >= 0.3 is 0 Å². The van der Waals surface area contributed by atoms with Crippen molar-refractivity contribution in [3.8, 4) is 0 Å². The number of pyridine rings is 1. The molecule has 18 heavy (non-hydrogen) atoms. The van der Waals surface area contributed by atoms with Crippen LogP contribution in [0.5, 0.6) is 0 Å². The molecule has 2 aromatic rings. The van der Waals surface area contributed by atoms with E-state index in [1.54, 1.807) is 30.3 Å². The summed E-state index contributed by atoms with van der Waals surface area (Å²) in [5.74, 6) is -0.0295. The number of nitrogens with two attached hydrogens (primary N) is 1. The number of nitrogens with zero attached hydrogens (tertiary/aromatic N) is 2. The van der Waals surface area contributed by atoms with Crippen LogP contribution in [0.4, 0.5) is 5.00 Å². The monoisotopic (exact) mass is 261 g/mol. The predicted octanol–water partition coefficient (Wildman–Crippen LogP) is 1.92. The molecule has 0 fully saturated rings. The Labute approximate surface area is 110 Å². The van der Waals surface area contributed by atoms with Crippen LogP contribution >= 0.6 is 11.3 Å². The smallest absolute Gasteiger partial charge is 0.258 e. The fourth-order valence-corrected chi connectivity index (χ4v) is 2.35. The minimum absolute atomic E-state index is 0.0295. The van der Waals surface area contributed by atoms with Crippen LogP contribution in [0.2, 0.25) is 0 Å². The number of rotatable bonds is 4.